The molecular weight excluding hydrogens is 164 g/mol. The summed E-state index contributed by atoms with van der Waals surface area (Å²) in [5.41, 5.74) is 0. The highest BCUT2D eigenvalue weighted by Crippen LogP contribution is 1.83. The van der Waals surface area contributed by atoms with Gasteiger partial charge in [0.05, 0.1) is 0 Å². The molecule has 1 nitrogen and oxygen atoms in total. The minimum atomic E-state index is -0.284. The van der Waals surface area contributed by atoms with Gasteiger partial charge in [0.1, 0.15) is 6.67 Å². The maximum Gasteiger partial charge on any atom is 0.102 e. The third-order valence-electron chi connectivity index (χ3n) is 0.932. The molecule has 0 atom stereocenters. The van der Waals surface area contributed by atoms with Gasteiger partial charge in [0.2, 0.25) is 0 Å². The smallest absolute Gasteiger partial charge is 0.102 e. The van der Waals surface area contributed by atoms with Crippen molar-refractivity contribution in [1.29, 1.82) is 0 Å². The zero-order chi connectivity index (χ0) is 6.41. The second kappa shape index (κ2) is 8.47. The van der Waals surface area contributed by atoms with E-state index in [1.165, 1.54) is 0 Å². The van der Waals surface area contributed by atoms with Crippen LogP contribution in [0.3, 0.4) is 0 Å². The quantitative estimate of drug-likeness (QED) is 0.587. The molecule has 0 saturated carbocycles. The van der Waals surface area contributed by atoms with Crippen molar-refractivity contribution in [3.8, 4) is 0 Å². The largest absolute Gasteiger partial charge is 0.303 e. The van der Waals surface area contributed by atoms with Gasteiger partial charge in [-0.05, 0) is 7.05 Å². The van der Waals surface area contributed by atoms with Gasteiger partial charge in [-0.1, -0.05) is 0 Å². The lowest BCUT2D eigenvalue weighted by Gasteiger charge is -2.10. The Kier molecular flexibility index (Phi) is 11.5. The van der Waals surface area contributed by atoms with Gasteiger partial charge in [-0.25, -0.2) is 4.39 Å². The second-order valence-corrected chi connectivity index (χ2v) is 2.06. The minimum Gasteiger partial charge on any atom is -0.303 e. The first-order valence-corrected chi connectivity index (χ1v) is 3.15. The Morgan fingerprint density at radius 3 is 2.33 bits per heavy atom. The van der Waals surface area contributed by atoms with Gasteiger partial charge < -0.3 is 4.90 Å². The number of hydrogen-bond acceptors (Lipinski definition) is 1. The van der Waals surface area contributed by atoms with Crippen molar-refractivity contribution in [2.24, 2.45) is 0 Å². The van der Waals surface area contributed by atoms with E-state index in [9.17, 15) is 4.39 Å². The zero-order valence-corrected chi connectivity index (χ0v) is 7.01. The standard InChI is InChI=1S/C5H11ClFN.ClH/c1-8(4-2-6)5-3-7;/h2-5H2,1H3;1H. The molecule has 58 valence electrons. The van der Waals surface area contributed by atoms with Crippen LogP contribution in [0.5, 0.6) is 0 Å². The summed E-state index contributed by atoms with van der Waals surface area (Å²) in [4.78, 5) is 1.85. The third-order valence-corrected chi connectivity index (χ3v) is 1.10. The monoisotopic (exact) mass is 175 g/mol. The van der Waals surface area contributed by atoms with Gasteiger partial charge in [0, 0.05) is 19.0 Å². The van der Waals surface area contributed by atoms with Crippen molar-refractivity contribution in [2.45, 2.75) is 0 Å². The summed E-state index contributed by atoms with van der Waals surface area (Å²) in [5, 5.41) is 0. The van der Waals surface area contributed by atoms with Crippen LogP contribution in [0.15, 0.2) is 0 Å². The van der Waals surface area contributed by atoms with Crippen molar-refractivity contribution >= 4 is 24.0 Å². The van der Waals surface area contributed by atoms with Crippen molar-refractivity contribution in [3.63, 3.8) is 0 Å². The Bertz CT molecular complexity index is 48.2. The van der Waals surface area contributed by atoms with Gasteiger partial charge >= 0.3 is 0 Å². The molecule has 0 aromatic heterocycles. The minimum absolute atomic E-state index is 0. The Morgan fingerprint density at radius 1 is 1.44 bits per heavy atom. The molecule has 0 N–H and O–H groups in total. The highest BCUT2D eigenvalue weighted by molar-refractivity contribution is 6.18. The molecule has 0 fully saturated rings. The van der Waals surface area contributed by atoms with Gasteiger partial charge in [-0.2, -0.15) is 0 Å². The van der Waals surface area contributed by atoms with Crippen LogP contribution in [-0.4, -0.2) is 37.6 Å². The molecule has 0 unspecified atom stereocenters. The second-order valence-electron chi connectivity index (χ2n) is 1.68. The van der Waals surface area contributed by atoms with E-state index < -0.39 is 0 Å². The predicted octanol–water partition coefficient (Wildman–Crippen LogP) is 1.55. The molecule has 0 radical (unpaired) electrons. The molecule has 0 aliphatic rings. The molecule has 4 heteroatoms. The molecule has 0 heterocycles. The highest BCUT2D eigenvalue weighted by atomic mass is 35.5. The molecule has 0 amide bonds. The molecule has 0 aliphatic heterocycles. The lowest BCUT2D eigenvalue weighted by atomic mass is 10.6. The first-order chi connectivity index (χ1) is 3.81. The lowest BCUT2D eigenvalue weighted by molar-refractivity contribution is 0.309. The fraction of sp³-hybridized carbons (Fsp3) is 1.00. The molecule has 0 rings (SSSR count). The summed E-state index contributed by atoms with van der Waals surface area (Å²) < 4.78 is 11.5. The predicted molar refractivity (Wildman–Crippen MR) is 41.4 cm³/mol. The summed E-state index contributed by atoms with van der Waals surface area (Å²) in [7, 11) is 1.85. The van der Waals surface area contributed by atoms with Crippen LogP contribution in [0, 0.1) is 0 Å². The number of hydrogen-bond donors (Lipinski definition) is 0. The van der Waals surface area contributed by atoms with E-state index in [2.05, 4.69) is 0 Å². The molecule has 0 aliphatic carbocycles. The van der Waals surface area contributed by atoms with Crippen LogP contribution in [0.2, 0.25) is 0 Å². The van der Waals surface area contributed by atoms with Gasteiger partial charge in [-0.3, -0.25) is 0 Å². The van der Waals surface area contributed by atoms with Crippen LogP contribution in [0.4, 0.5) is 4.39 Å². The molecule has 0 spiro atoms. The van der Waals surface area contributed by atoms with Gasteiger partial charge in [0.25, 0.3) is 0 Å². The van der Waals surface area contributed by atoms with Crippen molar-refractivity contribution in [2.75, 3.05) is 32.7 Å². The van der Waals surface area contributed by atoms with E-state index in [0.717, 1.165) is 6.54 Å². The summed E-state index contributed by atoms with van der Waals surface area (Å²) in [6.07, 6.45) is 0. The number of alkyl halides is 2. The maximum atomic E-state index is 11.5. The Morgan fingerprint density at radius 2 is 2.00 bits per heavy atom. The average molecular weight is 176 g/mol. The van der Waals surface area contributed by atoms with Crippen molar-refractivity contribution in [3.05, 3.63) is 0 Å². The molecule has 0 aromatic carbocycles. The van der Waals surface area contributed by atoms with Crippen molar-refractivity contribution < 1.29 is 4.39 Å². The molecular formula is C5H12Cl2FN. The molecule has 0 bridgehead atoms. The topological polar surface area (TPSA) is 3.24 Å². The fourth-order valence-corrected chi connectivity index (χ4v) is 0.689. The van der Waals surface area contributed by atoms with Gasteiger partial charge in [-0.15, -0.1) is 24.0 Å². The fourth-order valence-electron chi connectivity index (χ4n) is 0.400. The summed E-state index contributed by atoms with van der Waals surface area (Å²) in [6.45, 7) is 0.978. The van der Waals surface area contributed by atoms with Crippen LogP contribution in [-0.2, 0) is 0 Å². The van der Waals surface area contributed by atoms with Crippen molar-refractivity contribution in [1.82, 2.24) is 4.90 Å². The van der Waals surface area contributed by atoms with Crippen LogP contribution in [0.1, 0.15) is 0 Å². The molecule has 0 aromatic rings. The summed E-state index contributed by atoms with van der Waals surface area (Å²) in [6, 6.07) is 0. The Labute approximate surface area is 66.6 Å². The van der Waals surface area contributed by atoms with Crippen LogP contribution < -0.4 is 0 Å². The van der Waals surface area contributed by atoms with E-state index in [4.69, 9.17) is 11.6 Å². The van der Waals surface area contributed by atoms with E-state index >= 15 is 0 Å². The summed E-state index contributed by atoms with van der Waals surface area (Å²) in [5.74, 6) is 0.580. The van der Waals surface area contributed by atoms with E-state index in [-0.39, 0.29) is 19.1 Å². The van der Waals surface area contributed by atoms with E-state index in [1.54, 1.807) is 0 Å². The van der Waals surface area contributed by atoms with Crippen LogP contribution >= 0.6 is 24.0 Å². The average Bonchev–Trinajstić information content (AvgIpc) is 1.68. The maximum absolute atomic E-state index is 11.5. The zero-order valence-electron chi connectivity index (χ0n) is 5.44. The SMILES string of the molecule is CN(CCF)CCCl.Cl. The van der Waals surface area contributed by atoms with Crippen LogP contribution in [0.25, 0.3) is 0 Å². The lowest BCUT2D eigenvalue weighted by Crippen LogP contribution is -2.22. The normalized spacial score (nSPS) is 9.33. The Balaban J connectivity index is 0. The van der Waals surface area contributed by atoms with E-state index in [1.807, 2.05) is 11.9 Å². The molecule has 9 heavy (non-hydrogen) atoms. The number of rotatable bonds is 4. The van der Waals surface area contributed by atoms with Gasteiger partial charge in [0.15, 0.2) is 0 Å². The highest BCUT2D eigenvalue weighted by Gasteiger charge is 1.92. The number of halogens is 3. The first-order valence-electron chi connectivity index (χ1n) is 2.61. The first kappa shape index (κ1) is 12.2. The molecule has 0 saturated heterocycles. The third kappa shape index (κ3) is 8.47. The number of nitrogens with zero attached hydrogens (tertiary/aromatic N) is 1. The van der Waals surface area contributed by atoms with E-state index in [0.29, 0.717) is 12.4 Å². The Hall–Kier alpha value is 0.470. The summed E-state index contributed by atoms with van der Waals surface area (Å²) >= 11 is 5.37.